The van der Waals surface area contributed by atoms with Gasteiger partial charge in [0.1, 0.15) is 5.01 Å². The van der Waals surface area contributed by atoms with Crippen LogP contribution in [0.1, 0.15) is 5.01 Å². The van der Waals surface area contributed by atoms with Gasteiger partial charge < -0.3 is 10.5 Å². The molecule has 2 rings (SSSR count). The first-order valence-electron chi connectivity index (χ1n) is 4.62. The average molecular weight is 287 g/mol. The lowest BCUT2D eigenvalue weighted by Gasteiger charge is -1.96. The molecule has 1 heterocycles. The molecule has 80 valence electrons. The highest BCUT2D eigenvalue weighted by atomic mass is 79.9. The number of benzene rings is 1. The minimum Gasteiger partial charge on any atom is -0.373 e. The molecular weight excluding hydrogens is 276 g/mol. The Balaban J connectivity index is 2.16. The van der Waals surface area contributed by atoms with Crippen LogP contribution in [-0.4, -0.2) is 18.1 Å². The van der Waals surface area contributed by atoms with E-state index in [1.807, 2.05) is 12.1 Å². The summed E-state index contributed by atoms with van der Waals surface area (Å²) >= 11 is 5.09. The van der Waals surface area contributed by atoms with E-state index < -0.39 is 0 Å². The Kier molecular flexibility index (Phi) is 3.69. The van der Waals surface area contributed by atoms with Crippen LogP contribution in [0.5, 0.6) is 0 Å². The summed E-state index contributed by atoms with van der Waals surface area (Å²) in [6.45, 7) is 1.68. The van der Waals surface area contributed by atoms with Crippen LogP contribution in [0.15, 0.2) is 22.7 Å². The SMILES string of the molecule is NCCOCc1nc2ccc(Br)cc2s1. The number of ether oxygens (including phenoxy) is 1. The molecule has 0 saturated heterocycles. The molecule has 0 bridgehead atoms. The van der Waals surface area contributed by atoms with Crippen molar-refractivity contribution in [3.8, 4) is 0 Å². The topological polar surface area (TPSA) is 48.1 Å². The van der Waals surface area contributed by atoms with Crippen molar-refractivity contribution in [2.45, 2.75) is 6.61 Å². The van der Waals surface area contributed by atoms with Crippen molar-refractivity contribution in [3.05, 3.63) is 27.7 Å². The van der Waals surface area contributed by atoms with E-state index in [0.717, 1.165) is 15.0 Å². The molecule has 0 amide bonds. The fraction of sp³-hybridized carbons (Fsp3) is 0.300. The van der Waals surface area contributed by atoms with Gasteiger partial charge in [0.25, 0.3) is 0 Å². The van der Waals surface area contributed by atoms with Gasteiger partial charge in [-0.3, -0.25) is 0 Å². The van der Waals surface area contributed by atoms with Crippen LogP contribution in [0.2, 0.25) is 0 Å². The first-order valence-corrected chi connectivity index (χ1v) is 6.23. The summed E-state index contributed by atoms with van der Waals surface area (Å²) in [5.74, 6) is 0. The first-order chi connectivity index (χ1) is 7.29. The maximum atomic E-state index is 5.34. The highest BCUT2D eigenvalue weighted by molar-refractivity contribution is 9.10. The fourth-order valence-electron chi connectivity index (χ4n) is 1.25. The van der Waals surface area contributed by atoms with Gasteiger partial charge in [-0.25, -0.2) is 4.98 Å². The van der Waals surface area contributed by atoms with Gasteiger partial charge >= 0.3 is 0 Å². The van der Waals surface area contributed by atoms with Crippen molar-refractivity contribution < 1.29 is 4.74 Å². The normalized spacial score (nSPS) is 11.1. The van der Waals surface area contributed by atoms with Crippen LogP contribution in [0.3, 0.4) is 0 Å². The summed E-state index contributed by atoms with van der Waals surface area (Å²) in [4.78, 5) is 4.46. The van der Waals surface area contributed by atoms with Gasteiger partial charge in [-0.05, 0) is 18.2 Å². The maximum Gasteiger partial charge on any atom is 0.120 e. The number of nitrogens with two attached hydrogens (primary N) is 1. The predicted octanol–water partition coefficient (Wildman–Crippen LogP) is 2.53. The lowest BCUT2D eigenvalue weighted by molar-refractivity contribution is 0.128. The van der Waals surface area contributed by atoms with Crippen molar-refractivity contribution in [2.75, 3.05) is 13.2 Å². The van der Waals surface area contributed by atoms with Crippen molar-refractivity contribution in [3.63, 3.8) is 0 Å². The summed E-state index contributed by atoms with van der Waals surface area (Å²) < 4.78 is 7.59. The smallest absolute Gasteiger partial charge is 0.120 e. The lowest BCUT2D eigenvalue weighted by Crippen LogP contribution is -2.07. The largest absolute Gasteiger partial charge is 0.373 e. The number of fused-ring (bicyclic) bond motifs is 1. The number of thiazole rings is 1. The Morgan fingerprint density at radius 1 is 1.47 bits per heavy atom. The number of hydrogen-bond donors (Lipinski definition) is 1. The van der Waals surface area contributed by atoms with Crippen LogP contribution < -0.4 is 5.73 Å². The molecule has 0 aliphatic carbocycles. The maximum absolute atomic E-state index is 5.34. The van der Waals surface area contributed by atoms with Gasteiger partial charge in [0.15, 0.2) is 0 Å². The third-order valence-electron chi connectivity index (χ3n) is 1.88. The lowest BCUT2D eigenvalue weighted by atomic mass is 10.3. The molecule has 0 radical (unpaired) electrons. The zero-order valence-corrected chi connectivity index (χ0v) is 10.5. The van der Waals surface area contributed by atoms with Gasteiger partial charge in [0.05, 0.1) is 23.4 Å². The Morgan fingerprint density at radius 2 is 2.33 bits per heavy atom. The number of aromatic nitrogens is 1. The molecule has 0 aliphatic rings. The molecule has 2 aromatic rings. The molecule has 0 aliphatic heterocycles. The molecule has 0 fully saturated rings. The van der Waals surface area contributed by atoms with Crippen molar-refractivity contribution in [1.82, 2.24) is 4.98 Å². The molecule has 15 heavy (non-hydrogen) atoms. The van der Waals surface area contributed by atoms with E-state index in [9.17, 15) is 0 Å². The molecule has 1 aromatic heterocycles. The van der Waals surface area contributed by atoms with E-state index in [-0.39, 0.29) is 0 Å². The quantitative estimate of drug-likeness (QED) is 0.879. The summed E-state index contributed by atoms with van der Waals surface area (Å²) in [6.07, 6.45) is 0. The number of halogens is 1. The van der Waals surface area contributed by atoms with Crippen molar-refractivity contribution >= 4 is 37.5 Å². The minimum absolute atomic E-state index is 0.550. The summed E-state index contributed by atoms with van der Waals surface area (Å²) in [5, 5.41) is 0.997. The molecular formula is C10H11BrN2OS. The predicted molar refractivity (Wildman–Crippen MR) is 66.0 cm³/mol. The minimum atomic E-state index is 0.550. The monoisotopic (exact) mass is 286 g/mol. The molecule has 0 saturated carbocycles. The molecule has 1 aromatic carbocycles. The summed E-state index contributed by atoms with van der Waals surface area (Å²) in [5.41, 5.74) is 6.36. The van der Waals surface area contributed by atoms with Crippen LogP contribution in [0.25, 0.3) is 10.2 Å². The Hall–Kier alpha value is -0.490. The standard InChI is InChI=1S/C10H11BrN2OS/c11-7-1-2-8-9(5-7)15-10(13-8)6-14-4-3-12/h1-2,5H,3-4,6,12H2. The van der Waals surface area contributed by atoms with Gasteiger partial charge in [-0.2, -0.15) is 0 Å². The molecule has 0 atom stereocenters. The van der Waals surface area contributed by atoms with Gasteiger partial charge in [0, 0.05) is 11.0 Å². The fourth-order valence-corrected chi connectivity index (χ4v) is 2.71. The third-order valence-corrected chi connectivity index (χ3v) is 3.37. The molecule has 0 spiro atoms. The first kappa shape index (κ1) is 11.0. The van der Waals surface area contributed by atoms with Crippen LogP contribution in [0.4, 0.5) is 0 Å². The second kappa shape index (κ2) is 5.03. The third kappa shape index (κ3) is 2.75. The van der Waals surface area contributed by atoms with E-state index in [1.165, 1.54) is 4.70 Å². The van der Waals surface area contributed by atoms with Gasteiger partial charge in [-0.1, -0.05) is 15.9 Å². The van der Waals surface area contributed by atoms with Crippen molar-refractivity contribution in [2.24, 2.45) is 5.73 Å². The molecule has 0 unspecified atom stereocenters. The van der Waals surface area contributed by atoms with E-state index >= 15 is 0 Å². The molecule has 2 N–H and O–H groups in total. The second-order valence-electron chi connectivity index (χ2n) is 3.06. The Morgan fingerprint density at radius 3 is 3.13 bits per heavy atom. The second-order valence-corrected chi connectivity index (χ2v) is 5.09. The zero-order chi connectivity index (χ0) is 10.7. The number of nitrogens with zero attached hydrogens (tertiary/aromatic N) is 1. The Labute approximate surface area is 100 Å². The average Bonchev–Trinajstić information content (AvgIpc) is 2.60. The highest BCUT2D eigenvalue weighted by Gasteiger charge is 2.03. The van der Waals surface area contributed by atoms with E-state index in [4.69, 9.17) is 10.5 Å². The number of rotatable bonds is 4. The molecule has 3 nitrogen and oxygen atoms in total. The summed E-state index contributed by atoms with van der Waals surface area (Å²) in [6, 6.07) is 6.06. The number of hydrogen-bond acceptors (Lipinski definition) is 4. The zero-order valence-electron chi connectivity index (χ0n) is 8.07. The van der Waals surface area contributed by atoms with E-state index in [2.05, 4.69) is 27.0 Å². The van der Waals surface area contributed by atoms with Crippen LogP contribution >= 0.6 is 27.3 Å². The van der Waals surface area contributed by atoms with E-state index in [0.29, 0.717) is 19.8 Å². The van der Waals surface area contributed by atoms with Crippen LogP contribution in [-0.2, 0) is 11.3 Å². The molecule has 5 heteroatoms. The van der Waals surface area contributed by atoms with Gasteiger partial charge in [-0.15, -0.1) is 11.3 Å². The van der Waals surface area contributed by atoms with Crippen molar-refractivity contribution in [1.29, 1.82) is 0 Å². The van der Waals surface area contributed by atoms with Gasteiger partial charge in [0.2, 0.25) is 0 Å². The highest BCUT2D eigenvalue weighted by Crippen LogP contribution is 2.25. The van der Waals surface area contributed by atoms with E-state index in [1.54, 1.807) is 11.3 Å². The summed E-state index contributed by atoms with van der Waals surface area (Å²) in [7, 11) is 0. The Bertz CT molecular complexity index is 458. The van der Waals surface area contributed by atoms with Crippen LogP contribution in [0, 0.1) is 0 Å².